The summed E-state index contributed by atoms with van der Waals surface area (Å²) < 4.78 is 5.77. The molecule has 1 saturated carbocycles. The summed E-state index contributed by atoms with van der Waals surface area (Å²) in [6.45, 7) is 0.678. The van der Waals surface area contributed by atoms with Gasteiger partial charge in [0, 0.05) is 11.4 Å². The topological polar surface area (TPSA) is 72.5 Å². The van der Waals surface area contributed by atoms with E-state index in [-0.39, 0.29) is 6.42 Å². The molecule has 4 nitrogen and oxygen atoms in total. The standard InChI is InChI=1S/C14H18ClNO3/c15-11-4-5-13(19-8-9-2-1-3-9)10(6-11)7-12(16)14(17)18/h4-6,9,12H,1-3,7-8,16H2,(H,17,18)/t12-/m0/s1. The predicted octanol–water partition coefficient (Wildman–Crippen LogP) is 2.47. The van der Waals surface area contributed by atoms with E-state index in [0.717, 1.165) is 5.56 Å². The highest BCUT2D eigenvalue weighted by atomic mass is 35.5. The zero-order valence-electron chi connectivity index (χ0n) is 10.6. The Morgan fingerprint density at radius 3 is 2.84 bits per heavy atom. The largest absolute Gasteiger partial charge is 0.493 e. The van der Waals surface area contributed by atoms with Gasteiger partial charge in [0.1, 0.15) is 11.8 Å². The highest BCUT2D eigenvalue weighted by Crippen LogP contribution is 2.29. The predicted molar refractivity (Wildman–Crippen MR) is 73.6 cm³/mol. The van der Waals surface area contributed by atoms with Crippen molar-refractivity contribution in [2.45, 2.75) is 31.7 Å². The molecule has 0 aromatic heterocycles. The Morgan fingerprint density at radius 2 is 2.26 bits per heavy atom. The van der Waals surface area contributed by atoms with Crippen molar-refractivity contribution in [3.63, 3.8) is 0 Å². The molecule has 1 aliphatic carbocycles. The van der Waals surface area contributed by atoms with Crippen LogP contribution < -0.4 is 10.5 Å². The molecule has 19 heavy (non-hydrogen) atoms. The molecule has 1 fully saturated rings. The Hall–Kier alpha value is -1.26. The summed E-state index contributed by atoms with van der Waals surface area (Å²) >= 11 is 5.94. The van der Waals surface area contributed by atoms with Crippen LogP contribution in [0.5, 0.6) is 5.75 Å². The fourth-order valence-corrected chi connectivity index (χ4v) is 2.23. The third kappa shape index (κ3) is 3.85. The highest BCUT2D eigenvalue weighted by molar-refractivity contribution is 6.30. The van der Waals surface area contributed by atoms with Gasteiger partial charge in [0.2, 0.25) is 0 Å². The first-order valence-electron chi connectivity index (χ1n) is 6.46. The summed E-state index contributed by atoms with van der Waals surface area (Å²) in [7, 11) is 0. The number of nitrogens with two attached hydrogens (primary N) is 1. The number of rotatable bonds is 6. The van der Waals surface area contributed by atoms with Gasteiger partial charge in [-0.2, -0.15) is 0 Å². The summed E-state index contributed by atoms with van der Waals surface area (Å²) in [4.78, 5) is 10.8. The van der Waals surface area contributed by atoms with Gasteiger partial charge in [-0.3, -0.25) is 4.79 Å². The third-order valence-corrected chi connectivity index (χ3v) is 3.71. The second kappa shape index (κ2) is 6.26. The molecule has 0 unspecified atom stereocenters. The van der Waals surface area contributed by atoms with Crippen molar-refractivity contribution in [1.82, 2.24) is 0 Å². The van der Waals surface area contributed by atoms with Gasteiger partial charge in [-0.15, -0.1) is 0 Å². The first kappa shape index (κ1) is 14.2. The smallest absolute Gasteiger partial charge is 0.320 e. The number of hydrogen-bond acceptors (Lipinski definition) is 3. The molecule has 1 aromatic carbocycles. The van der Waals surface area contributed by atoms with E-state index in [2.05, 4.69) is 0 Å². The normalized spacial score (nSPS) is 16.7. The van der Waals surface area contributed by atoms with Crippen LogP contribution >= 0.6 is 11.6 Å². The van der Waals surface area contributed by atoms with Gasteiger partial charge in [0.25, 0.3) is 0 Å². The van der Waals surface area contributed by atoms with Crippen LogP contribution in [0.25, 0.3) is 0 Å². The molecule has 1 aliphatic rings. The minimum atomic E-state index is -1.02. The summed E-state index contributed by atoms with van der Waals surface area (Å²) in [5.74, 6) is 0.287. The summed E-state index contributed by atoms with van der Waals surface area (Å²) in [6, 6.07) is 4.31. The molecule has 3 N–H and O–H groups in total. The molecule has 0 amide bonds. The van der Waals surface area contributed by atoms with Crippen LogP contribution in [0.4, 0.5) is 0 Å². The van der Waals surface area contributed by atoms with Crippen molar-refractivity contribution in [3.05, 3.63) is 28.8 Å². The lowest BCUT2D eigenvalue weighted by Gasteiger charge is -2.25. The summed E-state index contributed by atoms with van der Waals surface area (Å²) in [5.41, 5.74) is 6.31. The zero-order chi connectivity index (χ0) is 13.8. The number of halogens is 1. The molecule has 1 aromatic rings. The van der Waals surface area contributed by atoms with Crippen LogP contribution in [0, 0.1) is 5.92 Å². The number of carboxylic acids is 1. The Morgan fingerprint density at radius 1 is 1.53 bits per heavy atom. The number of carboxylic acid groups (broad SMARTS) is 1. The number of benzene rings is 1. The maximum atomic E-state index is 10.8. The molecule has 0 heterocycles. The third-order valence-electron chi connectivity index (χ3n) is 3.48. The molecule has 0 saturated heterocycles. The Balaban J connectivity index is 2.05. The second-order valence-corrected chi connectivity index (χ2v) is 5.45. The molecular formula is C14H18ClNO3. The number of ether oxygens (including phenoxy) is 1. The fraction of sp³-hybridized carbons (Fsp3) is 0.500. The van der Waals surface area contributed by atoms with Crippen LogP contribution in [0.2, 0.25) is 5.02 Å². The Kier molecular flexibility index (Phi) is 4.66. The van der Waals surface area contributed by atoms with Crippen molar-refractivity contribution >= 4 is 17.6 Å². The Labute approximate surface area is 117 Å². The SMILES string of the molecule is N[C@@H](Cc1cc(Cl)ccc1OCC1CCC1)C(=O)O. The van der Waals surface area contributed by atoms with Gasteiger partial charge in [-0.05, 0) is 42.5 Å². The number of aliphatic carboxylic acids is 1. The van der Waals surface area contributed by atoms with Crippen molar-refractivity contribution < 1.29 is 14.6 Å². The van der Waals surface area contributed by atoms with E-state index < -0.39 is 12.0 Å². The monoisotopic (exact) mass is 283 g/mol. The van der Waals surface area contributed by atoms with E-state index in [0.29, 0.717) is 23.3 Å². The molecule has 0 spiro atoms. The molecule has 2 rings (SSSR count). The van der Waals surface area contributed by atoms with Crippen molar-refractivity contribution in [1.29, 1.82) is 0 Å². The van der Waals surface area contributed by atoms with E-state index in [4.69, 9.17) is 27.2 Å². The van der Waals surface area contributed by atoms with E-state index in [1.54, 1.807) is 18.2 Å². The lowest BCUT2D eigenvalue weighted by atomic mass is 9.86. The highest BCUT2D eigenvalue weighted by Gasteiger charge is 2.20. The van der Waals surface area contributed by atoms with Crippen molar-refractivity contribution in [2.75, 3.05) is 6.61 Å². The van der Waals surface area contributed by atoms with Crippen LogP contribution in [-0.2, 0) is 11.2 Å². The van der Waals surface area contributed by atoms with Crippen LogP contribution in [0.3, 0.4) is 0 Å². The lowest BCUT2D eigenvalue weighted by molar-refractivity contribution is -0.138. The van der Waals surface area contributed by atoms with Gasteiger partial charge < -0.3 is 15.6 Å². The lowest BCUT2D eigenvalue weighted by Crippen LogP contribution is -2.32. The average molecular weight is 284 g/mol. The fourth-order valence-electron chi connectivity index (χ4n) is 2.04. The molecular weight excluding hydrogens is 266 g/mol. The van der Waals surface area contributed by atoms with Gasteiger partial charge in [0.15, 0.2) is 0 Å². The minimum absolute atomic E-state index is 0.218. The summed E-state index contributed by atoms with van der Waals surface area (Å²) in [6.07, 6.45) is 3.90. The molecule has 5 heteroatoms. The minimum Gasteiger partial charge on any atom is -0.493 e. The van der Waals surface area contributed by atoms with Gasteiger partial charge in [-0.25, -0.2) is 0 Å². The maximum absolute atomic E-state index is 10.8. The van der Waals surface area contributed by atoms with Crippen LogP contribution in [0.1, 0.15) is 24.8 Å². The van der Waals surface area contributed by atoms with Crippen LogP contribution in [-0.4, -0.2) is 23.7 Å². The van der Waals surface area contributed by atoms with Gasteiger partial charge in [0.05, 0.1) is 6.61 Å². The molecule has 104 valence electrons. The van der Waals surface area contributed by atoms with Crippen molar-refractivity contribution in [2.24, 2.45) is 11.7 Å². The van der Waals surface area contributed by atoms with E-state index in [9.17, 15) is 4.79 Å². The molecule has 1 atom stereocenters. The van der Waals surface area contributed by atoms with Crippen molar-refractivity contribution in [3.8, 4) is 5.75 Å². The second-order valence-electron chi connectivity index (χ2n) is 5.01. The summed E-state index contributed by atoms with van der Waals surface area (Å²) in [5, 5.41) is 9.43. The molecule has 0 bridgehead atoms. The molecule has 0 aliphatic heterocycles. The Bertz CT molecular complexity index is 460. The first-order chi connectivity index (χ1) is 9.06. The average Bonchev–Trinajstić information content (AvgIpc) is 2.29. The van der Waals surface area contributed by atoms with E-state index in [1.807, 2.05) is 0 Å². The quantitative estimate of drug-likeness (QED) is 0.841. The number of hydrogen-bond donors (Lipinski definition) is 2. The number of carbonyl (C=O) groups is 1. The van der Waals surface area contributed by atoms with Gasteiger partial charge in [-0.1, -0.05) is 18.0 Å². The van der Waals surface area contributed by atoms with E-state index >= 15 is 0 Å². The maximum Gasteiger partial charge on any atom is 0.320 e. The zero-order valence-corrected chi connectivity index (χ0v) is 11.4. The van der Waals surface area contributed by atoms with Gasteiger partial charge >= 0.3 is 5.97 Å². The molecule has 0 radical (unpaired) electrons. The van der Waals surface area contributed by atoms with Crippen LogP contribution in [0.15, 0.2) is 18.2 Å². The first-order valence-corrected chi connectivity index (χ1v) is 6.83. The van der Waals surface area contributed by atoms with E-state index in [1.165, 1.54) is 19.3 Å².